The van der Waals surface area contributed by atoms with Gasteiger partial charge in [0.1, 0.15) is 11.6 Å². The van der Waals surface area contributed by atoms with Crippen LogP contribution in [0.1, 0.15) is 66.6 Å². The van der Waals surface area contributed by atoms with E-state index in [1.165, 1.54) is 36.4 Å². The minimum absolute atomic E-state index is 0.133. The zero-order chi connectivity index (χ0) is 25.4. The molecule has 0 spiro atoms. The Labute approximate surface area is 206 Å². The summed E-state index contributed by atoms with van der Waals surface area (Å²) in [5.74, 6) is -4.34. The summed E-state index contributed by atoms with van der Waals surface area (Å²) in [7, 11) is 0. The maximum absolute atomic E-state index is 15.1. The summed E-state index contributed by atoms with van der Waals surface area (Å²) < 4.78 is 30.3. The molecule has 5 rings (SSSR count). The topological polar surface area (TPSA) is 74.6 Å². The molecule has 180 valence electrons. The molecule has 0 unspecified atom stereocenters. The van der Waals surface area contributed by atoms with E-state index in [0.29, 0.717) is 11.1 Å². The smallest absolute Gasteiger partial charge is 0.335 e. The quantitative estimate of drug-likeness (QED) is 0.315. The minimum Gasteiger partial charge on any atom is -0.478 e. The summed E-state index contributed by atoms with van der Waals surface area (Å²) in [6.07, 6.45) is 0. The predicted octanol–water partition coefficient (Wildman–Crippen LogP) is 6.81. The van der Waals surface area contributed by atoms with Crippen LogP contribution in [0.4, 0.5) is 8.78 Å². The largest absolute Gasteiger partial charge is 0.478 e. The number of benzene rings is 4. The number of rotatable bonds is 6. The van der Waals surface area contributed by atoms with Crippen LogP contribution in [0.5, 0.6) is 0 Å². The van der Waals surface area contributed by atoms with Gasteiger partial charge < -0.3 is 10.2 Å². The van der Waals surface area contributed by atoms with Crippen LogP contribution < -0.4 is 0 Å². The summed E-state index contributed by atoms with van der Waals surface area (Å²) in [6.45, 7) is 0. The fourth-order valence-electron chi connectivity index (χ4n) is 5.54. The van der Waals surface area contributed by atoms with Gasteiger partial charge in [-0.05, 0) is 70.5 Å². The van der Waals surface area contributed by atoms with Gasteiger partial charge in [0.05, 0.1) is 11.1 Å². The molecule has 0 aromatic heterocycles. The Morgan fingerprint density at radius 2 is 0.833 bits per heavy atom. The molecular formula is C30H22F2O4. The molecule has 4 atom stereocenters. The lowest BCUT2D eigenvalue weighted by Crippen LogP contribution is -2.41. The third-order valence-electron chi connectivity index (χ3n) is 7.16. The summed E-state index contributed by atoms with van der Waals surface area (Å²) in [6, 6.07) is 25.8. The van der Waals surface area contributed by atoms with Gasteiger partial charge >= 0.3 is 11.9 Å². The first-order chi connectivity index (χ1) is 17.4. The van der Waals surface area contributed by atoms with Crippen LogP contribution in [-0.2, 0) is 0 Å². The number of hydrogen-bond acceptors (Lipinski definition) is 2. The lowest BCUT2D eigenvalue weighted by molar-refractivity contribution is 0.0686. The van der Waals surface area contributed by atoms with Crippen molar-refractivity contribution in [3.63, 3.8) is 0 Å². The Bertz CT molecular complexity index is 1320. The third-order valence-corrected chi connectivity index (χ3v) is 7.16. The van der Waals surface area contributed by atoms with Crippen molar-refractivity contribution >= 4 is 11.9 Å². The second kappa shape index (κ2) is 9.38. The number of carbonyl (C=O) groups is 2. The molecule has 36 heavy (non-hydrogen) atoms. The molecule has 6 heteroatoms. The zero-order valence-electron chi connectivity index (χ0n) is 19.0. The van der Waals surface area contributed by atoms with E-state index in [9.17, 15) is 19.8 Å². The lowest BCUT2D eigenvalue weighted by Gasteiger charge is -2.53. The second-order valence-electron chi connectivity index (χ2n) is 9.00. The predicted molar refractivity (Wildman–Crippen MR) is 131 cm³/mol. The molecule has 2 N–H and O–H groups in total. The monoisotopic (exact) mass is 484 g/mol. The average Bonchev–Trinajstić information content (AvgIpc) is 2.86. The highest BCUT2D eigenvalue weighted by Gasteiger charge is 2.54. The molecule has 0 bridgehead atoms. The Kier molecular flexibility index (Phi) is 6.10. The van der Waals surface area contributed by atoms with E-state index >= 15 is 8.78 Å². The molecule has 1 aliphatic rings. The standard InChI is InChI=1S/C30H22F2O4/c31-23-7-3-1-5-21(23)27-25(17-9-13-19(14-10-17)29(33)34)26(18-11-15-20(16-12-18)30(35)36)28(27)22-6-2-4-8-24(22)32/h1-16,25-28H,(H,33,34)(H,35,36)/t25-,26+,27+,28-. The highest BCUT2D eigenvalue weighted by Crippen LogP contribution is 2.67. The van der Waals surface area contributed by atoms with Crippen LogP contribution in [0, 0.1) is 11.6 Å². The number of carboxylic acids is 2. The fraction of sp³-hybridized carbons (Fsp3) is 0.133. The van der Waals surface area contributed by atoms with E-state index in [-0.39, 0.29) is 23.0 Å². The number of aromatic carboxylic acids is 2. The van der Waals surface area contributed by atoms with Gasteiger partial charge in [0.15, 0.2) is 0 Å². The van der Waals surface area contributed by atoms with E-state index in [4.69, 9.17) is 0 Å². The molecule has 0 heterocycles. The first kappa shape index (κ1) is 23.4. The highest BCUT2D eigenvalue weighted by molar-refractivity contribution is 5.88. The lowest BCUT2D eigenvalue weighted by atomic mass is 9.49. The normalized spacial score (nSPS) is 20.9. The van der Waals surface area contributed by atoms with Crippen LogP contribution in [0.3, 0.4) is 0 Å². The Morgan fingerprint density at radius 3 is 1.14 bits per heavy atom. The molecule has 0 saturated heterocycles. The Morgan fingerprint density at radius 1 is 0.500 bits per heavy atom. The van der Waals surface area contributed by atoms with Gasteiger partial charge in [-0.25, -0.2) is 18.4 Å². The van der Waals surface area contributed by atoms with Gasteiger partial charge in [0, 0.05) is 11.8 Å². The molecule has 0 aliphatic heterocycles. The summed E-state index contributed by atoms with van der Waals surface area (Å²) in [5, 5.41) is 18.7. The van der Waals surface area contributed by atoms with Gasteiger partial charge in [0.2, 0.25) is 0 Å². The molecule has 0 radical (unpaired) electrons. The van der Waals surface area contributed by atoms with Gasteiger partial charge in [0.25, 0.3) is 0 Å². The molecule has 1 fully saturated rings. The Hall–Kier alpha value is -4.32. The third kappa shape index (κ3) is 4.05. The minimum atomic E-state index is -1.05. The zero-order valence-corrected chi connectivity index (χ0v) is 19.0. The van der Waals surface area contributed by atoms with Crippen molar-refractivity contribution in [3.8, 4) is 0 Å². The van der Waals surface area contributed by atoms with Crippen molar-refractivity contribution in [2.75, 3.05) is 0 Å². The van der Waals surface area contributed by atoms with E-state index in [1.54, 1.807) is 60.7 Å². The van der Waals surface area contributed by atoms with Gasteiger partial charge in [-0.1, -0.05) is 60.7 Å². The molecular weight excluding hydrogens is 462 g/mol. The van der Waals surface area contributed by atoms with E-state index in [1.807, 2.05) is 0 Å². The second-order valence-corrected chi connectivity index (χ2v) is 9.00. The van der Waals surface area contributed by atoms with Crippen LogP contribution in [0.25, 0.3) is 0 Å². The van der Waals surface area contributed by atoms with Crippen molar-refractivity contribution in [3.05, 3.63) is 142 Å². The number of halogens is 2. The van der Waals surface area contributed by atoms with Crippen LogP contribution in [0.2, 0.25) is 0 Å². The number of carboxylic acid groups (broad SMARTS) is 2. The molecule has 4 aromatic rings. The Balaban J connectivity index is 1.70. The van der Waals surface area contributed by atoms with E-state index in [0.717, 1.165) is 11.1 Å². The van der Waals surface area contributed by atoms with Crippen LogP contribution in [-0.4, -0.2) is 22.2 Å². The van der Waals surface area contributed by atoms with Crippen molar-refractivity contribution in [2.45, 2.75) is 23.7 Å². The maximum Gasteiger partial charge on any atom is 0.335 e. The van der Waals surface area contributed by atoms with Crippen LogP contribution >= 0.6 is 0 Å². The molecule has 1 aliphatic carbocycles. The summed E-state index contributed by atoms with van der Waals surface area (Å²) in [5.41, 5.74) is 2.77. The summed E-state index contributed by atoms with van der Waals surface area (Å²) >= 11 is 0. The first-order valence-corrected chi connectivity index (χ1v) is 11.5. The highest BCUT2D eigenvalue weighted by atomic mass is 19.1. The molecule has 4 aromatic carbocycles. The van der Waals surface area contributed by atoms with Crippen LogP contribution in [0.15, 0.2) is 97.1 Å². The van der Waals surface area contributed by atoms with Crippen molar-refractivity contribution in [2.24, 2.45) is 0 Å². The average molecular weight is 484 g/mol. The van der Waals surface area contributed by atoms with E-state index < -0.39 is 35.4 Å². The molecule has 4 nitrogen and oxygen atoms in total. The SMILES string of the molecule is O=C(O)c1ccc([C@@H]2[C@H](c3ccc(C(=O)O)cc3)[C@@H](c3ccccc3F)[C@H]2c2ccccc2F)cc1. The number of hydrogen-bond donors (Lipinski definition) is 2. The van der Waals surface area contributed by atoms with Gasteiger partial charge in [-0.2, -0.15) is 0 Å². The summed E-state index contributed by atoms with van der Waals surface area (Å²) in [4.78, 5) is 22.8. The fourth-order valence-corrected chi connectivity index (χ4v) is 5.54. The van der Waals surface area contributed by atoms with Crippen molar-refractivity contribution in [1.29, 1.82) is 0 Å². The first-order valence-electron chi connectivity index (χ1n) is 11.5. The van der Waals surface area contributed by atoms with Gasteiger partial charge in [-0.3, -0.25) is 0 Å². The molecule has 1 saturated carbocycles. The van der Waals surface area contributed by atoms with E-state index in [2.05, 4.69) is 0 Å². The maximum atomic E-state index is 15.1. The van der Waals surface area contributed by atoms with Crippen molar-refractivity contribution in [1.82, 2.24) is 0 Å². The van der Waals surface area contributed by atoms with Gasteiger partial charge in [-0.15, -0.1) is 0 Å². The van der Waals surface area contributed by atoms with Crippen molar-refractivity contribution < 1.29 is 28.6 Å². The molecule has 0 amide bonds.